The van der Waals surface area contributed by atoms with Gasteiger partial charge in [-0.05, 0) is 0 Å². The quantitative estimate of drug-likeness (QED) is 0.842. The highest BCUT2D eigenvalue weighted by Crippen LogP contribution is 2.35. The summed E-state index contributed by atoms with van der Waals surface area (Å²) in [6.07, 6.45) is 0. The van der Waals surface area contributed by atoms with E-state index in [0.717, 1.165) is 0 Å². The number of ether oxygens (including phenoxy) is 2. The largest absolute Gasteiger partial charge is 0.495 e. The van der Waals surface area contributed by atoms with Gasteiger partial charge in [-0.3, -0.25) is 4.79 Å². The smallest absolute Gasteiger partial charge is 0.238 e. The highest BCUT2D eigenvalue weighted by molar-refractivity contribution is 6.32. The van der Waals surface area contributed by atoms with Gasteiger partial charge < -0.3 is 20.1 Å². The zero-order valence-corrected chi connectivity index (χ0v) is 12.3. The molecular formula is C13H19ClN2O3. The number of nitrogens with one attached hydrogen (secondary N) is 2. The molecule has 1 aromatic rings. The Morgan fingerprint density at radius 2 is 1.89 bits per heavy atom. The maximum atomic E-state index is 11.8. The molecule has 0 aromatic heterocycles. The Labute approximate surface area is 118 Å². The summed E-state index contributed by atoms with van der Waals surface area (Å²) in [5.74, 6) is 0.814. The third-order valence-electron chi connectivity index (χ3n) is 2.42. The van der Waals surface area contributed by atoms with Gasteiger partial charge in [0.1, 0.15) is 11.5 Å². The van der Waals surface area contributed by atoms with Crippen molar-refractivity contribution in [2.75, 3.05) is 26.1 Å². The van der Waals surface area contributed by atoms with E-state index in [2.05, 4.69) is 10.6 Å². The van der Waals surface area contributed by atoms with Crippen molar-refractivity contribution in [3.8, 4) is 11.5 Å². The van der Waals surface area contributed by atoms with E-state index in [1.165, 1.54) is 14.2 Å². The van der Waals surface area contributed by atoms with Gasteiger partial charge in [0.25, 0.3) is 0 Å². The first-order chi connectivity index (χ1) is 8.97. The molecule has 0 fully saturated rings. The Morgan fingerprint density at radius 3 is 2.42 bits per heavy atom. The minimum Gasteiger partial charge on any atom is -0.495 e. The number of benzene rings is 1. The van der Waals surface area contributed by atoms with Gasteiger partial charge in [0.05, 0.1) is 31.5 Å². The summed E-state index contributed by atoms with van der Waals surface area (Å²) >= 11 is 5.99. The minimum absolute atomic E-state index is 0.156. The lowest BCUT2D eigenvalue weighted by Gasteiger charge is -2.14. The van der Waals surface area contributed by atoms with Crippen molar-refractivity contribution in [1.29, 1.82) is 0 Å². The van der Waals surface area contributed by atoms with Crippen LogP contribution >= 0.6 is 11.6 Å². The second-order valence-electron chi connectivity index (χ2n) is 4.27. The molecule has 0 aliphatic carbocycles. The normalized spacial score (nSPS) is 10.4. The summed E-state index contributed by atoms with van der Waals surface area (Å²) in [6, 6.07) is 3.48. The van der Waals surface area contributed by atoms with E-state index in [-0.39, 0.29) is 18.5 Å². The molecule has 19 heavy (non-hydrogen) atoms. The van der Waals surface area contributed by atoms with Gasteiger partial charge in [0.2, 0.25) is 5.91 Å². The Balaban J connectivity index is 2.84. The van der Waals surface area contributed by atoms with Crippen LogP contribution in [0.5, 0.6) is 11.5 Å². The molecule has 0 radical (unpaired) electrons. The van der Waals surface area contributed by atoms with Crippen LogP contribution < -0.4 is 20.1 Å². The average molecular weight is 287 g/mol. The fraction of sp³-hybridized carbons (Fsp3) is 0.462. The van der Waals surface area contributed by atoms with Crippen molar-refractivity contribution in [1.82, 2.24) is 5.32 Å². The Kier molecular flexibility index (Phi) is 5.92. The van der Waals surface area contributed by atoms with Crippen LogP contribution in [-0.4, -0.2) is 32.7 Å². The molecule has 6 heteroatoms. The lowest BCUT2D eigenvalue weighted by atomic mass is 10.2. The van der Waals surface area contributed by atoms with Crippen molar-refractivity contribution < 1.29 is 14.3 Å². The van der Waals surface area contributed by atoms with Crippen LogP contribution in [0.2, 0.25) is 5.02 Å². The monoisotopic (exact) mass is 286 g/mol. The highest BCUT2D eigenvalue weighted by Gasteiger charge is 2.12. The summed E-state index contributed by atoms with van der Waals surface area (Å²) in [6.45, 7) is 4.17. The van der Waals surface area contributed by atoms with Gasteiger partial charge in [-0.25, -0.2) is 0 Å². The molecule has 1 amide bonds. The number of carbonyl (C=O) groups excluding carboxylic acids is 1. The predicted molar refractivity (Wildman–Crippen MR) is 76.3 cm³/mol. The molecule has 0 atom stereocenters. The molecule has 0 aliphatic rings. The van der Waals surface area contributed by atoms with E-state index < -0.39 is 0 Å². The van der Waals surface area contributed by atoms with Crippen molar-refractivity contribution in [2.24, 2.45) is 0 Å². The molecule has 106 valence electrons. The van der Waals surface area contributed by atoms with E-state index in [0.29, 0.717) is 22.2 Å². The highest BCUT2D eigenvalue weighted by atomic mass is 35.5. The topological polar surface area (TPSA) is 59.6 Å². The van der Waals surface area contributed by atoms with Gasteiger partial charge in [-0.1, -0.05) is 25.4 Å². The second-order valence-corrected chi connectivity index (χ2v) is 4.68. The summed E-state index contributed by atoms with van der Waals surface area (Å²) < 4.78 is 10.3. The SMILES string of the molecule is COc1cc(NC(=O)CNC(C)C)c(OC)cc1Cl. The van der Waals surface area contributed by atoms with E-state index >= 15 is 0 Å². The number of anilines is 1. The van der Waals surface area contributed by atoms with Gasteiger partial charge in [0, 0.05) is 18.2 Å². The number of carbonyl (C=O) groups is 1. The lowest BCUT2D eigenvalue weighted by molar-refractivity contribution is -0.115. The Morgan fingerprint density at radius 1 is 1.26 bits per heavy atom. The number of hydrogen-bond acceptors (Lipinski definition) is 4. The average Bonchev–Trinajstić information content (AvgIpc) is 2.37. The molecule has 2 N–H and O–H groups in total. The van der Waals surface area contributed by atoms with Crippen LogP contribution in [-0.2, 0) is 4.79 Å². The molecule has 0 heterocycles. The summed E-state index contributed by atoms with van der Waals surface area (Å²) in [5, 5.41) is 6.21. The maximum Gasteiger partial charge on any atom is 0.238 e. The van der Waals surface area contributed by atoms with Gasteiger partial charge in [0.15, 0.2) is 0 Å². The number of methoxy groups -OCH3 is 2. The molecule has 0 saturated carbocycles. The molecular weight excluding hydrogens is 268 g/mol. The van der Waals surface area contributed by atoms with Crippen LogP contribution in [0, 0.1) is 0 Å². The van der Waals surface area contributed by atoms with Gasteiger partial charge >= 0.3 is 0 Å². The second kappa shape index (κ2) is 7.21. The molecule has 1 rings (SSSR count). The van der Waals surface area contributed by atoms with Crippen molar-refractivity contribution in [3.63, 3.8) is 0 Å². The van der Waals surface area contributed by atoms with Crippen molar-refractivity contribution in [2.45, 2.75) is 19.9 Å². The van der Waals surface area contributed by atoms with Crippen LogP contribution in [0.1, 0.15) is 13.8 Å². The molecule has 5 nitrogen and oxygen atoms in total. The molecule has 0 saturated heterocycles. The number of halogens is 1. The molecule has 0 unspecified atom stereocenters. The summed E-state index contributed by atoms with van der Waals surface area (Å²) in [4.78, 5) is 11.8. The fourth-order valence-corrected chi connectivity index (χ4v) is 1.68. The molecule has 0 spiro atoms. The number of rotatable bonds is 6. The maximum absolute atomic E-state index is 11.8. The summed E-state index contributed by atoms with van der Waals surface area (Å²) in [5.41, 5.74) is 0.527. The van der Waals surface area contributed by atoms with Crippen LogP contribution in [0.15, 0.2) is 12.1 Å². The number of amides is 1. The van der Waals surface area contributed by atoms with Crippen LogP contribution in [0.3, 0.4) is 0 Å². The fourth-order valence-electron chi connectivity index (χ4n) is 1.45. The third kappa shape index (κ3) is 4.61. The Bertz CT molecular complexity index is 450. The van der Waals surface area contributed by atoms with Crippen LogP contribution in [0.25, 0.3) is 0 Å². The van der Waals surface area contributed by atoms with E-state index in [4.69, 9.17) is 21.1 Å². The zero-order valence-electron chi connectivity index (χ0n) is 11.5. The predicted octanol–water partition coefficient (Wildman–Crippen LogP) is 2.29. The van der Waals surface area contributed by atoms with Crippen LogP contribution in [0.4, 0.5) is 5.69 Å². The molecule has 0 bridgehead atoms. The lowest BCUT2D eigenvalue weighted by Crippen LogP contribution is -2.32. The third-order valence-corrected chi connectivity index (χ3v) is 2.71. The summed E-state index contributed by atoms with van der Waals surface area (Å²) in [7, 11) is 3.03. The van der Waals surface area contributed by atoms with Gasteiger partial charge in [-0.15, -0.1) is 0 Å². The van der Waals surface area contributed by atoms with Gasteiger partial charge in [-0.2, -0.15) is 0 Å². The zero-order chi connectivity index (χ0) is 14.4. The Hall–Kier alpha value is -1.46. The van der Waals surface area contributed by atoms with Crippen molar-refractivity contribution >= 4 is 23.2 Å². The van der Waals surface area contributed by atoms with E-state index in [1.807, 2.05) is 13.8 Å². The first kappa shape index (κ1) is 15.6. The van der Waals surface area contributed by atoms with E-state index in [1.54, 1.807) is 12.1 Å². The first-order valence-corrected chi connectivity index (χ1v) is 6.30. The number of hydrogen-bond donors (Lipinski definition) is 2. The van der Waals surface area contributed by atoms with E-state index in [9.17, 15) is 4.79 Å². The molecule has 1 aromatic carbocycles. The molecule has 0 aliphatic heterocycles. The standard InChI is InChI=1S/C13H19ClN2O3/c1-8(2)15-7-13(17)16-10-6-11(18-3)9(14)5-12(10)19-4/h5-6,8,15H,7H2,1-4H3,(H,16,17). The van der Waals surface area contributed by atoms with Crippen molar-refractivity contribution in [3.05, 3.63) is 17.2 Å². The first-order valence-electron chi connectivity index (χ1n) is 5.92. The minimum atomic E-state index is -0.156.